The summed E-state index contributed by atoms with van der Waals surface area (Å²) in [7, 11) is 0. The lowest BCUT2D eigenvalue weighted by molar-refractivity contribution is 0.0531. The standard InChI is InChI=1S/C18H23NO2S/c1-3-12-21-14-15-8-7-11-19(13-15)18(20)16-9-5-6-10-17(16)22-4-2/h1,5-6,9-10,15H,4,7-8,11-14H2,2H3. The van der Waals surface area contributed by atoms with Gasteiger partial charge in [0.05, 0.1) is 12.2 Å². The minimum absolute atomic E-state index is 0.137. The van der Waals surface area contributed by atoms with Crippen LogP contribution in [0.25, 0.3) is 0 Å². The molecule has 1 fully saturated rings. The van der Waals surface area contributed by atoms with Gasteiger partial charge in [-0.15, -0.1) is 18.2 Å². The van der Waals surface area contributed by atoms with Crippen molar-refractivity contribution in [3.63, 3.8) is 0 Å². The van der Waals surface area contributed by atoms with Gasteiger partial charge >= 0.3 is 0 Å². The van der Waals surface area contributed by atoms with Crippen LogP contribution in [0.2, 0.25) is 0 Å². The molecular weight excluding hydrogens is 294 g/mol. The molecule has 0 aliphatic carbocycles. The molecule has 1 amide bonds. The van der Waals surface area contributed by atoms with Gasteiger partial charge in [0, 0.05) is 23.9 Å². The molecule has 0 spiro atoms. The average Bonchev–Trinajstić information content (AvgIpc) is 2.56. The van der Waals surface area contributed by atoms with E-state index < -0.39 is 0 Å². The Morgan fingerprint density at radius 1 is 1.50 bits per heavy atom. The Kier molecular flexibility index (Phi) is 6.82. The number of nitrogens with zero attached hydrogens (tertiary/aromatic N) is 1. The van der Waals surface area contributed by atoms with Gasteiger partial charge in [-0.25, -0.2) is 0 Å². The predicted octanol–water partition coefficient (Wildman–Crippen LogP) is 3.30. The summed E-state index contributed by atoms with van der Waals surface area (Å²) in [6, 6.07) is 7.88. The first-order valence-corrected chi connectivity index (χ1v) is 8.77. The Morgan fingerprint density at radius 3 is 3.09 bits per heavy atom. The number of piperidine rings is 1. The van der Waals surface area contributed by atoms with Gasteiger partial charge in [0.2, 0.25) is 0 Å². The van der Waals surface area contributed by atoms with Crippen molar-refractivity contribution in [2.24, 2.45) is 5.92 Å². The second-order valence-electron chi connectivity index (χ2n) is 5.41. The summed E-state index contributed by atoms with van der Waals surface area (Å²) in [4.78, 5) is 15.8. The van der Waals surface area contributed by atoms with Gasteiger partial charge in [-0.2, -0.15) is 0 Å². The Bertz CT molecular complexity index is 538. The first-order chi connectivity index (χ1) is 10.8. The lowest BCUT2D eigenvalue weighted by Gasteiger charge is -2.33. The zero-order chi connectivity index (χ0) is 15.8. The van der Waals surface area contributed by atoms with E-state index in [-0.39, 0.29) is 5.91 Å². The van der Waals surface area contributed by atoms with E-state index in [9.17, 15) is 4.79 Å². The van der Waals surface area contributed by atoms with Gasteiger partial charge < -0.3 is 9.64 Å². The van der Waals surface area contributed by atoms with Crippen LogP contribution in [0.5, 0.6) is 0 Å². The number of ether oxygens (including phenoxy) is 1. The number of carbonyl (C=O) groups is 1. The second kappa shape index (κ2) is 8.87. The third-order valence-electron chi connectivity index (χ3n) is 3.76. The van der Waals surface area contributed by atoms with Crippen molar-refractivity contribution in [1.29, 1.82) is 0 Å². The van der Waals surface area contributed by atoms with Crippen molar-refractivity contribution in [2.75, 3.05) is 32.1 Å². The zero-order valence-electron chi connectivity index (χ0n) is 13.1. The Balaban J connectivity index is 2.01. The summed E-state index contributed by atoms with van der Waals surface area (Å²) in [6.45, 7) is 4.68. The summed E-state index contributed by atoms with van der Waals surface area (Å²) < 4.78 is 5.44. The van der Waals surface area contributed by atoms with Crippen molar-refractivity contribution >= 4 is 17.7 Å². The maximum absolute atomic E-state index is 12.8. The van der Waals surface area contributed by atoms with E-state index >= 15 is 0 Å². The molecule has 0 aromatic heterocycles. The lowest BCUT2D eigenvalue weighted by atomic mass is 9.98. The summed E-state index contributed by atoms with van der Waals surface area (Å²) in [5.41, 5.74) is 0.819. The fraction of sp³-hybridized carbons (Fsp3) is 0.500. The van der Waals surface area contributed by atoms with Crippen LogP contribution in [0.1, 0.15) is 30.1 Å². The van der Waals surface area contributed by atoms with E-state index in [0.717, 1.165) is 42.1 Å². The van der Waals surface area contributed by atoms with Crippen LogP contribution in [0.15, 0.2) is 29.2 Å². The van der Waals surface area contributed by atoms with Gasteiger partial charge in [-0.3, -0.25) is 4.79 Å². The molecule has 0 N–H and O–H groups in total. The first-order valence-electron chi connectivity index (χ1n) is 7.78. The van der Waals surface area contributed by atoms with Gasteiger partial charge in [0.1, 0.15) is 6.61 Å². The normalized spacial score (nSPS) is 18.0. The Labute approximate surface area is 137 Å². The van der Waals surface area contributed by atoms with Gasteiger partial charge in [0.15, 0.2) is 0 Å². The van der Waals surface area contributed by atoms with Crippen LogP contribution in [0.4, 0.5) is 0 Å². The number of terminal acetylenes is 1. The van der Waals surface area contributed by atoms with Crippen molar-refractivity contribution in [2.45, 2.75) is 24.7 Å². The molecule has 1 aliphatic heterocycles. The van der Waals surface area contributed by atoms with Crippen molar-refractivity contribution in [3.05, 3.63) is 29.8 Å². The SMILES string of the molecule is C#CCOCC1CCCN(C(=O)c2ccccc2SCC)C1. The maximum Gasteiger partial charge on any atom is 0.254 e. The van der Waals surface area contributed by atoms with Crippen molar-refractivity contribution in [3.8, 4) is 12.3 Å². The number of hydrogen-bond acceptors (Lipinski definition) is 3. The number of hydrogen-bond donors (Lipinski definition) is 0. The molecule has 1 aromatic rings. The monoisotopic (exact) mass is 317 g/mol. The third-order valence-corrected chi connectivity index (χ3v) is 4.72. The van der Waals surface area contributed by atoms with Gasteiger partial charge in [0.25, 0.3) is 5.91 Å². The van der Waals surface area contributed by atoms with E-state index in [2.05, 4.69) is 12.8 Å². The highest BCUT2D eigenvalue weighted by Crippen LogP contribution is 2.25. The molecule has 1 aliphatic rings. The third kappa shape index (κ3) is 4.53. The molecule has 0 radical (unpaired) electrons. The summed E-state index contributed by atoms with van der Waals surface area (Å²) in [6.07, 6.45) is 7.32. The molecule has 0 bridgehead atoms. The average molecular weight is 317 g/mol. The number of carbonyl (C=O) groups excluding carboxylic acids is 1. The number of likely N-dealkylation sites (tertiary alicyclic amines) is 1. The smallest absolute Gasteiger partial charge is 0.254 e. The molecule has 118 valence electrons. The molecule has 2 rings (SSSR count). The molecule has 1 saturated heterocycles. The van der Waals surface area contributed by atoms with Crippen LogP contribution in [0.3, 0.4) is 0 Å². The van der Waals surface area contributed by atoms with E-state index in [1.807, 2.05) is 29.2 Å². The highest BCUT2D eigenvalue weighted by molar-refractivity contribution is 7.99. The maximum atomic E-state index is 12.8. The molecule has 22 heavy (non-hydrogen) atoms. The molecule has 0 saturated carbocycles. The predicted molar refractivity (Wildman–Crippen MR) is 91.1 cm³/mol. The summed E-state index contributed by atoms with van der Waals surface area (Å²) in [5, 5.41) is 0. The minimum atomic E-state index is 0.137. The lowest BCUT2D eigenvalue weighted by Crippen LogP contribution is -2.41. The van der Waals surface area contributed by atoms with E-state index in [4.69, 9.17) is 11.2 Å². The minimum Gasteiger partial charge on any atom is -0.368 e. The van der Waals surface area contributed by atoms with E-state index in [1.54, 1.807) is 11.8 Å². The zero-order valence-corrected chi connectivity index (χ0v) is 13.9. The highest BCUT2D eigenvalue weighted by atomic mass is 32.2. The van der Waals surface area contributed by atoms with Gasteiger partial charge in [-0.05, 0) is 30.7 Å². The summed E-state index contributed by atoms with van der Waals surface area (Å²) >= 11 is 1.72. The van der Waals surface area contributed by atoms with Crippen LogP contribution < -0.4 is 0 Å². The molecule has 1 atom stereocenters. The van der Waals surface area contributed by atoms with Crippen LogP contribution in [-0.2, 0) is 4.74 Å². The number of thioether (sulfide) groups is 1. The quantitative estimate of drug-likeness (QED) is 0.458. The molecule has 1 unspecified atom stereocenters. The van der Waals surface area contributed by atoms with E-state index in [0.29, 0.717) is 19.1 Å². The second-order valence-corrected chi connectivity index (χ2v) is 6.71. The molecular formula is C18H23NO2S. The highest BCUT2D eigenvalue weighted by Gasteiger charge is 2.25. The van der Waals surface area contributed by atoms with Gasteiger partial charge in [-0.1, -0.05) is 25.0 Å². The largest absolute Gasteiger partial charge is 0.368 e. The molecule has 4 heteroatoms. The summed E-state index contributed by atoms with van der Waals surface area (Å²) in [5.74, 6) is 3.97. The number of benzene rings is 1. The van der Waals surface area contributed by atoms with E-state index in [1.165, 1.54) is 0 Å². The Morgan fingerprint density at radius 2 is 2.32 bits per heavy atom. The molecule has 1 aromatic carbocycles. The van der Waals surface area contributed by atoms with Crippen LogP contribution in [0, 0.1) is 18.3 Å². The van der Waals surface area contributed by atoms with Crippen LogP contribution >= 0.6 is 11.8 Å². The van der Waals surface area contributed by atoms with Crippen LogP contribution in [-0.4, -0.2) is 42.9 Å². The fourth-order valence-corrected chi connectivity index (χ4v) is 3.56. The molecule has 3 nitrogen and oxygen atoms in total. The Hall–Kier alpha value is -1.44. The van der Waals surface area contributed by atoms with Crippen molar-refractivity contribution in [1.82, 2.24) is 4.90 Å². The topological polar surface area (TPSA) is 29.5 Å². The fourth-order valence-electron chi connectivity index (χ4n) is 2.77. The number of amides is 1. The first kappa shape index (κ1) is 16.9. The van der Waals surface area contributed by atoms with Crippen molar-refractivity contribution < 1.29 is 9.53 Å². The number of rotatable bonds is 6. The molecule has 1 heterocycles.